The van der Waals surface area contributed by atoms with E-state index in [0.717, 1.165) is 33.5 Å². The Morgan fingerprint density at radius 3 is 2.50 bits per heavy atom. The van der Waals surface area contributed by atoms with Crippen molar-refractivity contribution in [2.75, 3.05) is 16.4 Å². The number of nitrogen functional groups attached to an aromatic ring is 1. The summed E-state index contributed by atoms with van der Waals surface area (Å²) in [6, 6.07) is 15.6. The summed E-state index contributed by atoms with van der Waals surface area (Å²) in [5, 5.41) is 8.16. The molecular formula is C21H19ClN6. The van der Waals surface area contributed by atoms with Gasteiger partial charge in [0.2, 0.25) is 0 Å². The fourth-order valence-corrected chi connectivity index (χ4v) is 3.08. The maximum Gasteiger partial charge on any atom is 0.159 e. The molecule has 28 heavy (non-hydrogen) atoms. The van der Waals surface area contributed by atoms with E-state index in [-0.39, 0.29) is 0 Å². The highest BCUT2D eigenvalue weighted by molar-refractivity contribution is 6.31. The number of hydrogen-bond acceptors (Lipinski definition) is 6. The van der Waals surface area contributed by atoms with E-state index in [0.29, 0.717) is 22.3 Å². The Morgan fingerprint density at radius 1 is 0.929 bits per heavy atom. The molecule has 4 N–H and O–H groups in total. The van der Waals surface area contributed by atoms with Crippen molar-refractivity contribution in [3.63, 3.8) is 0 Å². The molecule has 140 valence electrons. The van der Waals surface area contributed by atoms with Crippen LogP contribution in [0.2, 0.25) is 5.02 Å². The third-order valence-corrected chi connectivity index (χ3v) is 4.85. The highest BCUT2D eigenvalue weighted by atomic mass is 35.5. The maximum atomic E-state index is 6.32. The quantitative estimate of drug-likeness (QED) is 0.434. The zero-order chi connectivity index (χ0) is 19.7. The first-order valence-corrected chi connectivity index (χ1v) is 9.16. The lowest BCUT2D eigenvalue weighted by atomic mass is 10.1. The first kappa shape index (κ1) is 18.0. The van der Waals surface area contributed by atoms with Crippen molar-refractivity contribution in [2.45, 2.75) is 13.8 Å². The topological polar surface area (TPSA) is 88.8 Å². The highest BCUT2D eigenvalue weighted by Crippen LogP contribution is 2.31. The second kappa shape index (κ2) is 7.32. The Labute approximate surface area is 167 Å². The Balaban J connectivity index is 1.66. The monoisotopic (exact) mass is 390 g/mol. The second-order valence-corrected chi connectivity index (χ2v) is 6.93. The number of aryl methyl sites for hydroxylation is 2. The Hall–Kier alpha value is -3.38. The predicted octanol–water partition coefficient (Wildman–Crippen LogP) is 5.36. The molecule has 0 fully saturated rings. The highest BCUT2D eigenvalue weighted by Gasteiger charge is 2.11. The van der Waals surface area contributed by atoms with Crippen LogP contribution in [0.25, 0.3) is 10.9 Å². The molecule has 0 spiro atoms. The molecule has 0 atom stereocenters. The van der Waals surface area contributed by atoms with Crippen LogP contribution in [0.3, 0.4) is 0 Å². The van der Waals surface area contributed by atoms with Gasteiger partial charge in [0.05, 0.1) is 5.52 Å². The van der Waals surface area contributed by atoms with Crippen molar-refractivity contribution in [3.8, 4) is 0 Å². The average molecular weight is 391 g/mol. The molecule has 2 aromatic heterocycles. The standard InChI is InChI=1S/C21H19ClN6/c1-12-6-8-14(10-16(12)22)27-20-19(23)21(25-11-24-20)28-18-5-3-4-17-15(18)9-7-13(2)26-17/h3-11H,23H2,1-2H3,(H2,24,25,27,28). The second-order valence-electron chi connectivity index (χ2n) is 6.52. The van der Waals surface area contributed by atoms with Crippen molar-refractivity contribution in [1.29, 1.82) is 0 Å². The lowest BCUT2D eigenvalue weighted by Gasteiger charge is -2.14. The zero-order valence-corrected chi connectivity index (χ0v) is 16.2. The number of rotatable bonds is 4. The number of benzene rings is 2. The molecule has 2 heterocycles. The van der Waals surface area contributed by atoms with Crippen LogP contribution >= 0.6 is 11.6 Å². The van der Waals surface area contributed by atoms with Crippen LogP contribution in [-0.4, -0.2) is 15.0 Å². The number of halogens is 1. The van der Waals surface area contributed by atoms with Crippen LogP contribution in [0.5, 0.6) is 0 Å². The number of hydrogen-bond donors (Lipinski definition) is 3. The molecule has 0 aliphatic rings. The van der Waals surface area contributed by atoms with Crippen molar-refractivity contribution < 1.29 is 0 Å². The van der Waals surface area contributed by atoms with E-state index in [4.69, 9.17) is 17.3 Å². The summed E-state index contributed by atoms with van der Waals surface area (Å²) >= 11 is 6.20. The van der Waals surface area contributed by atoms with Gasteiger partial charge in [0.25, 0.3) is 0 Å². The fourth-order valence-electron chi connectivity index (χ4n) is 2.90. The van der Waals surface area contributed by atoms with Crippen molar-refractivity contribution in [2.24, 2.45) is 0 Å². The Bertz CT molecular complexity index is 1170. The molecule has 4 aromatic rings. The van der Waals surface area contributed by atoms with Crippen LogP contribution < -0.4 is 16.4 Å². The van der Waals surface area contributed by atoms with Gasteiger partial charge in [-0.05, 0) is 55.8 Å². The number of aromatic nitrogens is 3. The molecule has 0 aliphatic carbocycles. The van der Waals surface area contributed by atoms with E-state index < -0.39 is 0 Å². The molecule has 0 bridgehead atoms. The van der Waals surface area contributed by atoms with Crippen LogP contribution in [0, 0.1) is 13.8 Å². The summed E-state index contributed by atoms with van der Waals surface area (Å²) in [6.07, 6.45) is 1.46. The van der Waals surface area contributed by atoms with Gasteiger partial charge in [0, 0.05) is 27.5 Å². The summed E-state index contributed by atoms with van der Waals surface area (Å²) in [6.45, 7) is 3.92. The molecule has 0 amide bonds. The summed E-state index contributed by atoms with van der Waals surface area (Å²) in [5.74, 6) is 1.02. The van der Waals surface area contributed by atoms with E-state index in [1.807, 2.05) is 62.4 Å². The van der Waals surface area contributed by atoms with Crippen molar-refractivity contribution in [1.82, 2.24) is 15.0 Å². The van der Waals surface area contributed by atoms with E-state index in [1.54, 1.807) is 0 Å². The number of anilines is 5. The van der Waals surface area contributed by atoms with Crippen LogP contribution in [0.15, 0.2) is 54.9 Å². The smallest absolute Gasteiger partial charge is 0.159 e. The van der Waals surface area contributed by atoms with Gasteiger partial charge in [0.1, 0.15) is 12.0 Å². The first-order chi connectivity index (χ1) is 13.5. The average Bonchev–Trinajstić information content (AvgIpc) is 2.68. The minimum atomic E-state index is 0.413. The van der Waals surface area contributed by atoms with E-state index in [2.05, 4.69) is 25.6 Å². The Kier molecular flexibility index (Phi) is 4.71. The van der Waals surface area contributed by atoms with Gasteiger partial charge in [-0.3, -0.25) is 4.98 Å². The predicted molar refractivity (Wildman–Crippen MR) is 116 cm³/mol. The number of pyridine rings is 1. The number of nitrogens with one attached hydrogen (secondary N) is 2. The molecule has 6 nitrogen and oxygen atoms in total. The Morgan fingerprint density at radius 2 is 1.71 bits per heavy atom. The van der Waals surface area contributed by atoms with Gasteiger partial charge < -0.3 is 16.4 Å². The maximum absolute atomic E-state index is 6.32. The molecule has 7 heteroatoms. The summed E-state index contributed by atoms with van der Waals surface area (Å²) in [4.78, 5) is 13.1. The molecule has 0 unspecified atom stereocenters. The lowest BCUT2D eigenvalue weighted by molar-refractivity contribution is 1.17. The molecule has 0 saturated carbocycles. The van der Waals surface area contributed by atoms with Gasteiger partial charge >= 0.3 is 0 Å². The van der Waals surface area contributed by atoms with E-state index in [9.17, 15) is 0 Å². The van der Waals surface area contributed by atoms with Gasteiger partial charge in [-0.25, -0.2) is 9.97 Å². The number of fused-ring (bicyclic) bond motifs is 1. The minimum absolute atomic E-state index is 0.413. The van der Waals surface area contributed by atoms with Gasteiger partial charge in [-0.1, -0.05) is 23.7 Å². The number of nitrogens with zero attached hydrogens (tertiary/aromatic N) is 3. The minimum Gasteiger partial charge on any atom is -0.393 e. The van der Waals surface area contributed by atoms with Gasteiger partial charge in [0.15, 0.2) is 11.6 Å². The lowest BCUT2D eigenvalue weighted by Crippen LogP contribution is -2.05. The van der Waals surface area contributed by atoms with Crippen molar-refractivity contribution in [3.05, 3.63) is 71.1 Å². The van der Waals surface area contributed by atoms with Gasteiger partial charge in [-0.2, -0.15) is 0 Å². The van der Waals surface area contributed by atoms with Crippen LogP contribution in [0.4, 0.5) is 28.7 Å². The van der Waals surface area contributed by atoms with E-state index >= 15 is 0 Å². The van der Waals surface area contributed by atoms with Crippen molar-refractivity contribution >= 4 is 51.2 Å². The van der Waals surface area contributed by atoms with Crippen LogP contribution in [-0.2, 0) is 0 Å². The largest absolute Gasteiger partial charge is 0.393 e. The molecular weight excluding hydrogens is 372 g/mol. The number of nitrogens with two attached hydrogens (primary N) is 1. The molecule has 0 saturated heterocycles. The normalized spacial score (nSPS) is 10.8. The van der Waals surface area contributed by atoms with Gasteiger partial charge in [-0.15, -0.1) is 0 Å². The first-order valence-electron chi connectivity index (χ1n) is 8.78. The molecule has 0 radical (unpaired) electrons. The summed E-state index contributed by atoms with van der Waals surface area (Å²) < 4.78 is 0. The summed E-state index contributed by atoms with van der Waals surface area (Å²) in [7, 11) is 0. The zero-order valence-electron chi connectivity index (χ0n) is 15.5. The van der Waals surface area contributed by atoms with Crippen LogP contribution in [0.1, 0.15) is 11.3 Å². The molecule has 0 aliphatic heterocycles. The SMILES string of the molecule is Cc1ccc2c(Nc3ncnc(Nc4ccc(C)c(Cl)c4)c3N)cccc2n1. The molecule has 4 rings (SSSR count). The third-order valence-electron chi connectivity index (χ3n) is 4.44. The third kappa shape index (κ3) is 3.54. The summed E-state index contributed by atoms with van der Waals surface area (Å²) in [5.41, 5.74) is 11.3. The molecule has 2 aromatic carbocycles. The van der Waals surface area contributed by atoms with E-state index in [1.165, 1.54) is 6.33 Å². The fraction of sp³-hybridized carbons (Fsp3) is 0.0952.